The smallest absolute Gasteiger partial charge is 0.244 e. The molecule has 21 heavy (non-hydrogen) atoms. The summed E-state index contributed by atoms with van der Waals surface area (Å²) in [5.74, 6) is -0.422. The molecule has 2 rings (SSSR count). The molecule has 0 saturated carbocycles. The predicted octanol–water partition coefficient (Wildman–Crippen LogP) is 3.13. The third-order valence-corrected chi connectivity index (χ3v) is 3.24. The second-order valence-electron chi connectivity index (χ2n) is 4.38. The van der Waals surface area contributed by atoms with Crippen LogP contribution < -0.4 is 15.8 Å². The van der Waals surface area contributed by atoms with E-state index in [1.807, 2.05) is 0 Å². The molecule has 110 valence electrons. The second-order valence-corrected chi connectivity index (χ2v) is 4.79. The van der Waals surface area contributed by atoms with Gasteiger partial charge >= 0.3 is 0 Å². The first-order valence-corrected chi connectivity index (χ1v) is 6.54. The van der Waals surface area contributed by atoms with Crippen LogP contribution in [0.2, 0.25) is 5.02 Å². The molecular formula is C15H14ClFN2O2. The lowest BCUT2D eigenvalue weighted by molar-refractivity contribution is -0.118. The Morgan fingerprint density at radius 2 is 1.95 bits per heavy atom. The predicted molar refractivity (Wildman–Crippen MR) is 80.0 cm³/mol. The first-order valence-electron chi connectivity index (χ1n) is 6.16. The molecule has 0 heterocycles. The zero-order valence-electron chi connectivity index (χ0n) is 11.3. The standard InChI is InChI=1S/C15H14ClFN2O2/c1-21-13-7-2-9(8-12(13)16)14(15(18)20)19-11-5-3-10(17)4-6-11/h2-8,14,19H,1H3,(H2,18,20). The van der Waals surface area contributed by atoms with Crippen LogP contribution in [0.15, 0.2) is 42.5 Å². The summed E-state index contributed by atoms with van der Waals surface area (Å²) in [4.78, 5) is 11.6. The average molecular weight is 309 g/mol. The van der Waals surface area contributed by atoms with Gasteiger partial charge in [-0.15, -0.1) is 0 Å². The highest BCUT2D eigenvalue weighted by Gasteiger charge is 2.19. The maximum Gasteiger partial charge on any atom is 0.244 e. The number of carbonyl (C=O) groups excluding carboxylic acids is 1. The van der Waals surface area contributed by atoms with Gasteiger partial charge in [-0.3, -0.25) is 4.79 Å². The van der Waals surface area contributed by atoms with Crippen LogP contribution in [-0.4, -0.2) is 13.0 Å². The van der Waals surface area contributed by atoms with Gasteiger partial charge in [-0.1, -0.05) is 17.7 Å². The van der Waals surface area contributed by atoms with Crippen molar-refractivity contribution in [2.75, 3.05) is 12.4 Å². The summed E-state index contributed by atoms with van der Waals surface area (Å²) in [7, 11) is 1.50. The van der Waals surface area contributed by atoms with E-state index in [0.29, 0.717) is 22.0 Å². The van der Waals surface area contributed by atoms with Crippen molar-refractivity contribution in [1.29, 1.82) is 0 Å². The zero-order valence-corrected chi connectivity index (χ0v) is 12.0. The van der Waals surface area contributed by atoms with Gasteiger partial charge < -0.3 is 15.8 Å². The number of primary amides is 1. The highest BCUT2D eigenvalue weighted by Crippen LogP contribution is 2.29. The topological polar surface area (TPSA) is 64.3 Å². The first-order chi connectivity index (χ1) is 10.0. The number of hydrogen-bond acceptors (Lipinski definition) is 3. The third-order valence-electron chi connectivity index (χ3n) is 2.95. The van der Waals surface area contributed by atoms with E-state index >= 15 is 0 Å². The van der Waals surface area contributed by atoms with E-state index in [2.05, 4.69) is 5.32 Å². The van der Waals surface area contributed by atoms with Crippen LogP contribution in [0, 0.1) is 5.82 Å². The number of rotatable bonds is 5. The Morgan fingerprint density at radius 3 is 2.48 bits per heavy atom. The molecule has 6 heteroatoms. The Morgan fingerprint density at radius 1 is 1.29 bits per heavy atom. The van der Waals surface area contributed by atoms with Gasteiger partial charge in [0.05, 0.1) is 12.1 Å². The summed E-state index contributed by atoms with van der Waals surface area (Å²) in [6.45, 7) is 0. The fourth-order valence-corrected chi connectivity index (χ4v) is 2.16. The fraction of sp³-hybridized carbons (Fsp3) is 0.133. The summed E-state index contributed by atoms with van der Waals surface area (Å²) in [6, 6.07) is 9.80. The molecule has 2 aromatic carbocycles. The molecule has 0 fully saturated rings. The molecule has 0 saturated heterocycles. The Kier molecular flexibility index (Phi) is 4.65. The van der Waals surface area contributed by atoms with E-state index in [1.54, 1.807) is 18.2 Å². The minimum Gasteiger partial charge on any atom is -0.495 e. The van der Waals surface area contributed by atoms with Gasteiger partial charge in [0.2, 0.25) is 5.91 Å². The van der Waals surface area contributed by atoms with Crippen LogP contribution >= 0.6 is 11.6 Å². The number of amides is 1. The quantitative estimate of drug-likeness (QED) is 0.892. The number of halogens is 2. The van der Waals surface area contributed by atoms with Gasteiger partial charge in [-0.2, -0.15) is 0 Å². The minimum absolute atomic E-state index is 0.358. The molecular weight excluding hydrogens is 295 g/mol. The molecule has 0 bridgehead atoms. The van der Waals surface area contributed by atoms with Crippen molar-refractivity contribution in [1.82, 2.24) is 0 Å². The van der Waals surface area contributed by atoms with Crippen LogP contribution in [0.5, 0.6) is 5.75 Å². The number of hydrogen-bond donors (Lipinski definition) is 2. The van der Waals surface area contributed by atoms with Crippen molar-refractivity contribution in [2.45, 2.75) is 6.04 Å². The number of anilines is 1. The number of nitrogens with one attached hydrogen (secondary N) is 1. The lowest BCUT2D eigenvalue weighted by Gasteiger charge is -2.18. The fourth-order valence-electron chi connectivity index (χ4n) is 1.89. The number of benzene rings is 2. The molecule has 0 aliphatic rings. The number of nitrogens with two attached hydrogens (primary N) is 1. The average Bonchev–Trinajstić information content (AvgIpc) is 2.46. The van der Waals surface area contributed by atoms with Gasteiger partial charge in [0.1, 0.15) is 17.6 Å². The molecule has 0 spiro atoms. The van der Waals surface area contributed by atoms with Crippen LogP contribution in [0.4, 0.5) is 10.1 Å². The monoisotopic (exact) mass is 308 g/mol. The summed E-state index contributed by atoms with van der Waals surface area (Å²) in [5.41, 5.74) is 6.59. The second kappa shape index (κ2) is 6.45. The number of carbonyl (C=O) groups is 1. The lowest BCUT2D eigenvalue weighted by Crippen LogP contribution is -2.27. The number of methoxy groups -OCH3 is 1. The molecule has 2 aromatic rings. The van der Waals surface area contributed by atoms with Crippen LogP contribution in [-0.2, 0) is 4.79 Å². The summed E-state index contributed by atoms with van der Waals surface area (Å²) < 4.78 is 18.0. The normalized spacial score (nSPS) is 11.8. The van der Waals surface area contributed by atoms with Crippen molar-refractivity contribution in [3.63, 3.8) is 0 Å². The van der Waals surface area contributed by atoms with Crippen LogP contribution in [0.1, 0.15) is 11.6 Å². The molecule has 0 aromatic heterocycles. The molecule has 1 amide bonds. The van der Waals surface area contributed by atoms with E-state index in [4.69, 9.17) is 22.1 Å². The highest BCUT2D eigenvalue weighted by atomic mass is 35.5. The third kappa shape index (κ3) is 3.64. The van der Waals surface area contributed by atoms with E-state index in [1.165, 1.54) is 31.4 Å². The number of ether oxygens (including phenoxy) is 1. The van der Waals surface area contributed by atoms with Crippen molar-refractivity contribution >= 4 is 23.2 Å². The van der Waals surface area contributed by atoms with Crippen molar-refractivity contribution in [3.8, 4) is 5.75 Å². The lowest BCUT2D eigenvalue weighted by atomic mass is 10.1. The molecule has 0 aliphatic heterocycles. The summed E-state index contributed by atoms with van der Waals surface area (Å²) in [5, 5.41) is 3.32. The van der Waals surface area contributed by atoms with E-state index in [0.717, 1.165) is 0 Å². The van der Waals surface area contributed by atoms with Gasteiger partial charge in [0.15, 0.2) is 0 Å². The van der Waals surface area contributed by atoms with Gasteiger partial charge in [-0.05, 0) is 42.0 Å². The molecule has 1 unspecified atom stereocenters. The Labute approximate surface area is 126 Å². The molecule has 0 radical (unpaired) electrons. The van der Waals surface area contributed by atoms with Gasteiger partial charge in [0, 0.05) is 5.69 Å². The maximum absolute atomic E-state index is 12.9. The Hall–Kier alpha value is -2.27. The minimum atomic E-state index is -0.779. The zero-order chi connectivity index (χ0) is 15.4. The SMILES string of the molecule is COc1ccc(C(Nc2ccc(F)cc2)C(N)=O)cc1Cl. The van der Waals surface area contributed by atoms with E-state index in [9.17, 15) is 9.18 Å². The Balaban J connectivity index is 2.28. The first kappa shape index (κ1) is 15.1. The van der Waals surface area contributed by atoms with E-state index < -0.39 is 11.9 Å². The molecule has 0 aliphatic carbocycles. The molecule has 3 N–H and O–H groups in total. The molecule has 4 nitrogen and oxygen atoms in total. The van der Waals surface area contributed by atoms with Gasteiger partial charge in [0.25, 0.3) is 0 Å². The largest absolute Gasteiger partial charge is 0.495 e. The van der Waals surface area contributed by atoms with Crippen molar-refractivity contribution in [2.24, 2.45) is 5.73 Å². The summed E-state index contributed by atoms with van der Waals surface area (Å²) >= 11 is 6.05. The van der Waals surface area contributed by atoms with Crippen LogP contribution in [0.3, 0.4) is 0 Å². The highest BCUT2D eigenvalue weighted by molar-refractivity contribution is 6.32. The molecule has 1 atom stereocenters. The van der Waals surface area contributed by atoms with Crippen LogP contribution in [0.25, 0.3) is 0 Å². The summed E-state index contributed by atoms with van der Waals surface area (Å²) in [6.07, 6.45) is 0. The van der Waals surface area contributed by atoms with Crippen molar-refractivity contribution < 1.29 is 13.9 Å². The maximum atomic E-state index is 12.9. The van der Waals surface area contributed by atoms with E-state index in [-0.39, 0.29) is 5.82 Å². The van der Waals surface area contributed by atoms with Crippen molar-refractivity contribution in [3.05, 3.63) is 58.9 Å². The Bertz CT molecular complexity index is 647. The van der Waals surface area contributed by atoms with Gasteiger partial charge in [-0.25, -0.2) is 4.39 Å².